The molecule has 0 saturated heterocycles. The Kier molecular flexibility index (Phi) is 5.24. The Hall–Kier alpha value is -1.92. The molecule has 0 aliphatic rings. The summed E-state index contributed by atoms with van der Waals surface area (Å²) in [5.74, 6) is -0.582. The molecule has 0 aromatic heterocycles. The van der Waals surface area contributed by atoms with Gasteiger partial charge in [-0.3, -0.25) is 0 Å². The summed E-state index contributed by atoms with van der Waals surface area (Å²) in [6.45, 7) is 0.923. The van der Waals surface area contributed by atoms with E-state index < -0.39 is 18.7 Å². The summed E-state index contributed by atoms with van der Waals surface area (Å²) in [7, 11) is 1.22. The number of nitrogens with zero attached hydrogens (tertiary/aromatic N) is 1. The van der Waals surface area contributed by atoms with Crippen LogP contribution in [0.2, 0.25) is 0 Å². The molecule has 0 saturated carbocycles. The molecule has 7 heteroatoms. The van der Waals surface area contributed by atoms with E-state index in [2.05, 4.69) is 4.74 Å². The molecule has 0 unspecified atom stereocenters. The van der Waals surface area contributed by atoms with Crippen molar-refractivity contribution in [2.75, 3.05) is 30.8 Å². The van der Waals surface area contributed by atoms with Gasteiger partial charge in [-0.1, -0.05) is 6.92 Å². The third-order valence-corrected chi connectivity index (χ3v) is 2.65. The summed E-state index contributed by atoms with van der Waals surface area (Å²) in [6.07, 6.45) is -3.77. The van der Waals surface area contributed by atoms with Crippen LogP contribution in [0.4, 0.5) is 24.5 Å². The lowest BCUT2D eigenvalue weighted by molar-refractivity contribution is -0.119. The minimum atomic E-state index is -4.32. The Morgan fingerprint density at radius 1 is 1.40 bits per heavy atom. The fraction of sp³-hybridized carbons (Fsp3) is 0.462. The monoisotopic (exact) mass is 290 g/mol. The fourth-order valence-electron chi connectivity index (χ4n) is 1.86. The van der Waals surface area contributed by atoms with E-state index in [1.54, 1.807) is 6.92 Å². The van der Waals surface area contributed by atoms with Crippen LogP contribution >= 0.6 is 0 Å². The normalized spacial score (nSPS) is 11.2. The Bertz CT molecular complexity index is 475. The van der Waals surface area contributed by atoms with Crippen molar-refractivity contribution in [1.82, 2.24) is 0 Å². The van der Waals surface area contributed by atoms with Crippen molar-refractivity contribution >= 4 is 17.3 Å². The molecule has 0 atom stereocenters. The molecule has 1 aromatic carbocycles. The van der Waals surface area contributed by atoms with Crippen molar-refractivity contribution in [2.24, 2.45) is 0 Å². The lowest BCUT2D eigenvalue weighted by Gasteiger charge is -2.26. The van der Waals surface area contributed by atoms with Gasteiger partial charge in [-0.25, -0.2) is 4.79 Å². The van der Waals surface area contributed by atoms with Crippen LogP contribution < -0.4 is 10.6 Å². The van der Waals surface area contributed by atoms with Gasteiger partial charge >= 0.3 is 12.1 Å². The van der Waals surface area contributed by atoms with Crippen molar-refractivity contribution in [3.63, 3.8) is 0 Å². The summed E-state index contributed by atoms with van der Waals surface area (Å²) in [4.78, 5) is 12.5. The third kappa shape index (κ3) is 4.32. The second kappa shape index (κ2) is 6.49. The van der Waals surface area contributed by atoms with E-state index >= 15 is 0 Å². The molecule has 0 bridgehead atoms. The zero-order valence-electron chi connectivity index (χ0n) is 11.3. The molecule has 0 aliphatic heterocycles. The predicted molar refractivity (Wildman–Crippen MR) is 70.8 cm³/mol. The molecule has 20 heavy (non-hydrogen) atoms. The number of alkyl halides is 3. The van der Waals surface area contributed by atoms with Gasteiger partial charge in [-0.05, 0) is 24.6 Å². The lowest BCUT2D eigenvalue weighted by Crippen LogP contribution is -2.35. The van der Waals surface area contributed by atoms with Crippen molar-refractivity contribution in [2.45, 2.75) is 19.5 Å². The highest BCUT2D eigenvalue weighted by atomic mass is 19.4. The molecule has 2 N–H and O–H groups in total. The van der Waals surface area contributed by atoms with Gasteiger partial charge in [0.05, 0.1) is 24.0 Å². The smallest absolute Gasteiger partial charge is 0.405 e. The minimum absolute atomic E-state index is 0.116. The summed E-state index contributed by atoms with van der Waals surface area (Å²) in [5.41, 5.74) is 6.33. The molecule has 0 spiro atoms. The fourth-order valence-corrected chi connectivity index (χ4v) is 1.86. The molecule has 0 amide bonds. The highest BCUT2D eigenvalue weighted by molar-refractivity contribution is 5.91. The van der Waals surface area contributed by atoms with E-state index in [0.717, 1.165) is 4.90 Å². The zero-order valence-corrected chi connectivity index (χ0v) is 11.3. The standard InChI is InChI=1S/C13H17F3N2O2/c1-3-6-18(8-13(14,15)16)11-5-4-9(7-10(11)17)12(19)20-2/h4-5,7H,3,6,8,17H2,1-2H3. The van der Waals surface area contributed by atoms with E-state index in [1.165, 1.54) is 25.3 Å². The van der Waals surface area contributed by atoms with Gasteiger partial charge in [0, 0.05) is 6.54 Å². The molecular formula is C13H17F3N2O2. The average molecular weight is 290 g/mol. The molecule has 4 nitrogen and oxygen atoms in total. The van der Waals surface area contributed by atoms with E-state index in [1.807, 2.05) is 0 Å². The van der Waals surface area contributed by atoms with E-state index in [-0.39, 0.29) is 23.5 Å². The van der Waals surface area contributed by atoms with Crippen LogP contribution in [0.1, 0.15) is 23.7 Å². The van der Waals surface area contributed by atoms with Gasteiger partial charge in [-0.15, -0.1) is 0 Å². The maximum Gasteiger partial charge on any atom is 0.405 e. The summed E-state index contributed by atoms with van der Waals surface area (Å²) in [5, 5.41) is 0. The van der Waals surface area contributed by atoms with Crippen LogP contribution in [-0.2, 0) is 4.74 Å². The number of benzene rings is 1. The van der Waals surface area contributed by atoms with E-state index in [0.29, 0.717) is 6.42 Å². The highest BCUT2D eigenvalue weighted by Gasteiger charge is 2.31. The Balaban J connectivity index is 3.05. The van der Waals surface area contributed by atoms with Crippen molar-refractivity contribution < 1.29 is 22.7 Å². The number of carbonyl (C=O) groups excluding carboxylic acids is 1. The van der Waals surface area contributed by atoms with Crippen LogP contribution in [-0.4, -0.2) is 32.3 Å². The molecule has 112 valence electrons. The van der Waals surface area contributed by atoms with E-state index in [4.69, 9.17) is 5.73 Å². The maximum atomic E-state index is 12.6. The number of nitrogen functional groups attached to an aromatic ring is 1. The SMILES string of the molecule is CCCN(CC(F)(F)F)c1ccc(C(=O)OC)cc1N. The van der Waals surface area contributed by atoms with Crippen LogP contribution in [0.25, 0.3) is 0 Å². The molecule has 1 aromatic rings. The van der Waals surface area contributed by atoms with Crippen molar-refractivity contribution in [1.29, 1.82) is 0 Å². The number of anilines is 2. The third-order valence-electron chi connectivity index (χ3n) is 2.65. The molecule has 0 fully saturated rings. The molecule has 0 aliphatic carbocycles. The van der Waals surface area contributed by atoms with Gasteiger partial charge in [0.2, 0.25) is 0 Å². The lowest BCUT2D eigenvalue weighted by atomic mass is 10.1. The summed E-state index contributed by atoms with van der Waals surface area (Å²) in [6, 6.07) is 4.12. The number of esters is 1. The number of nitrogens with two attached hydrogens (primary N) is 1. The van der Waals surface area contributed by atoms with Crippen LogP contribution in [0.15, 0.2) is 18.2 Å². The van der Waals surface area contributed by atoms with Crippen molar-refractivity contribution in [3.05, 3.63) is 23.8 Å². The van der Waals surface area contributed by atoms with Gasteiger partial charge < -0.3 is 15.4 Å². The van der Waals surface area contributed by atoms with Gasteiger partial charge in [-0.2, -0.15) is 13.2 Å². The number of hydrogen-bond acceptors (Lipinski definition) is 4. The molecular weight excluding hydrogens is 273 g/mol. The number of ether oxygens (including phenoxy) is 1. The van der Waals surface area contributed by atoms with E-state index in [9.17, 15) is 18.0 Å². The number of hydrogen-bond donors (Lipinski definition) is 1. The number of rotatable bonds is 5. The Labute approximate surface area is 115 Å². The largest absolute Gasteiger partial charge is 0.465 e. The first-order valence-electron chi connectivity index (χ1n) is 6.08. The highest BCUT2D eigenvalue weighted by Crippen LogP contribution is 2.28. The number of halogens is 3. The maximum absolute atomic E-state index is 12.6. The first-order valence-corrected chi connectivity index (χ1v) is 6.08. The van der Waals surface area contributed by atoms with Crippen LogP contribution in [0.5, 0.6) is 0 Å². The molecule has 0 radical (unpaired) electrons. The quantitative estimate of drug-likeness (QED) is 0.669. The first kappa shape index (κ1) is 16.1. The van der Waals surface area contributed by atoms with Crippen LogP contribution in [0, 0.1) is 0 Å². The average Bonchev–Trinajstić information content (AvgIpc) is 2.35. The van der Waals surface area contributed by atoms with Gasteiger partial charge in [0.25, 0.3) is 0 Å². The van der Waals surface area contributed by atoms with Crippen LogP contribution in [0.3, 0.4) is 0 Å². The summed E-state index contributed by atoms with van der Waals surface area (Å²) >= 11 is 0. The van der Waals surface area contributed by atoms with Gasteiger partial charge in [0.15, 0.2) is 0 Å². The minimum Gasteiger partial charge on any atom is -0.465 e. The topological polar surface area (TPSA) is 55.6 Å². The Morgan fingerprint density at radius 2 is 2.05 bits per heavy atom. The molecule has 1 rings (SSSR count). The number of methoxy groups -OCH3 is 1. The van der Waals surface area contributed by atoms with Gasteiger partial charge in [0.1, 0.15) is 6.54 Å². The number of carbonyl (C=O) groups is 1. The Morgan fingerprint density at radius 3 is 2.50 bits per heavy atom. The summed E-state index contributed by atoms with van der Waals surface area (Å²) < 4.78 is 42.2. The second-order valence-corrected chi connectivity index (χ2v) is 4.30. The predicted octanol–water partition coefficient (Wildman–Crippen LogP) is 2.83. The second-order valence-electron chi connectivity index (χ2n) is 4.30. The first-order chi connectivity index (χ1) is 9.28. The molecule has 0 heterocycles. The zero-order chi connectivity index (χ0) is 15.3. The van der Waals surface area contributed by atoms with Crippen molar-refractivity contribution in [3.8, 4) is 0 Å².